The Bertz CT molecular complexity index is 129. The number of rotatable bonds is 1. The molecule has 0 amide bonds. The van der Waals surface area contributed by atoms with Gasteiger partial charge in [0.2, 0.25) is 0 Å². The molecule has 9 heavy (non-hydrogen) atoms. The summed E-state index contributed by atoms with van der Waals surface area (Å²) in [7, 11) is 0. The van der Waals surface area contributed by atoms with E-state index in [1.165, 1.54) is 0 Å². The smallest absolute Gasteiger partial charge is 0.206 e. The lowest BCUT2D eigenvalue weighted by Crippen LogP contribution is -2.13. The Kier molecular flexibility index (Phi) is 1.14. The van der Waals surface area contributed by atoms with Crippen molar-refractivity contribution in [3.63, 3.8) is 0 Å². The van der Waals surface area contributed by atoms with Crippen molar-refractivity contribution in [2.75, 3.05) is 0 Å². The molecular formula is C7H12F2. The molecule has 0 saturated heterocycles. The fourth-order valence-corrected chi connectivity index (χ4v) is 1.04. The Labute approximate surface area is 54.3 Å². The average Bonchev–Trinajstić information content (AvgIpc) is 2.08. The normalized spacial score (nSPS) is 39.3. The number of hydrogen-bond donors (Lipinski definition) is 0. The molecule has 0 radical (unpaired) electrons. The van der Waals surface area contributed by atoms with Crippen molar-refractivity contribution in [1.29, 1.82) is 0 Å². The lowest BCUT2D eigenvalue weighted by molar-refractivity contribution is 0.0529. The van der Waals surface area contributed by atoms with Crippen LogP contribution in [0.5, 0.6) is 0 Å². The molecule has 1 aliphatic carbocycles. The Morgan fingerprint density at radius 2 is 1.67 bits per heavy atom. The molecule has 0 heterocycles. The van der Waals surface area contributed by atoms with Gasteiger partial charge in [-0.2, -0.15) is 0 Å². The molecule has 0 aromatic rings. The standard InChI is InChI=1S/C7H12F2/c1-5(2)6(3)4-7(6,8)9/h5H,4H2,1-3H3/t6-/m1/s1. The van der Waals surface area contributed by atoms with Crippen LogP contribution >= 0.6 is 0 Å². The molecule has 0 bridgehead atoms. The second-order valence-corrected chi connectivity index (χ2v) is 3.45. The van der Waals surface area contributed by atoms with E-state index in [4.69, 9.17) is 0 Å². The van der Waals surface area contributed by atoms with Gasteiger partial charge in [-0.15, -0.1) is 0 Å². The summed E-state index contributed by atoms with van der Waals surface area (Å²) in [4.78, 5) is 0. The van der Waals surface area contributed by atoms with Crippen LogP contribution < -0.4 is 0 Å². The van der Waals surface area contributed by atoms with Crippen molar-refractivity contribution in [2.45, 2.75) is 33.1 Å². The van der Waals surface area contributed by atoms with Crippen LogP contribution in [0.15, 0.2) is 0 Å². The molecule has 1 fully saturated rings. The summed E-state index contributed by atoms with van der Waals surface area (Å²) in [5, 5.41) is 0. The number of halogens is 2. The van der Waals surface area contributed by atoms with Gasteiger partial charge in [-0.3, -0.25) is 0 Å². The second-order valence-electron chi connectivity index (χ2n) is 3.45. The first-order chi connectivity index (χ1) is 3.90. The van der Waals surface area contributed by atoms with Gasteiger partial charge in [0, 0.05) is 11.8 Å². The van der Waals surface area contributed by atoms with E-state index in [0.29, 0.717) is 0 Å². The number of hydrogen-bond acceptors (Lipinski definition) is 0. The summed E-state index contributed by atoms with van der Waals surface area (Å²) in [6, 6.07) is 0. The molecule has 0 unspecified atom stereocenters. The van der Waals surface area contributed by atoms with E-state index in [2.05, 4.69) is 0 Å². The SMILES string of the molecule is CC(C)[C@@]1(C)CC1(F)F. The van der Waals surface area contributed by atoms with Crippen molar-refractivity contribution in [3.8, 4) is 0 Å². The Hall–Kier alpha value is -0.140. The molecule has 1 atom stereocenters. The minimum atomic E-state index is -2.37. The molecule has 0 nitrogen and oxygen atoms in total. The van der Waals surface area contributed by atoms with Gasteiger partial charge < -0.3 is 0 Å². The monoisotopic (exact) mass is 134 g/mol. The van der Waals surface area contributed by atoms with Crippen LogP contribution in [0.3, 0.4) is 0 Å². The van der Waals surface area contributed by atoms with Crippen LogP contribution in [0, 0.1) is 11.3 Å². The average molecular weight is 134 g/mol. The molecule has 54 valence electrons. The first-order valence-corrected chi connectivity index (χ1v) is 3.28. The molecule has 1 aliphatic rings. The van der Waals surface area contributed by atoms with Crippen LogP contribution in [0.1, 0.15) is 27.2 Å². The molecule has 0 aliphatic heterocycles. The van der Waals surface area contributed by atoms with Crippen molar-refractivity contribution < 1.29 is 8.78 Å². The van der Waals surface area contributed by atoms with Crippen LogP contribution in [0.25, 0.3) is 0 Å². The maximum absolute atomic E-state index is 12.4. The Balaban J connectivity index is 2.63. The Morgan fingerprint density at radius 3 is 1.67 bits per heavy atom. The summed E-state index contributed by atoms with van der Waals surface area (Å²) in [6.45, 7) is 5.35. The molecule has 2 heteroatoms. The maximum atomic E-state index is 12.4. The minimum Gasteiger partial charge on any atom is -0.206 e. The first kappa shape index (κ1) is 6.97. The van der Waals surface area contributed by atoms with Crippen LogP contribution in [0.2, 0.25) is 0 Å². The first-order valence-electron chi connectivity index (χ1n) is 3.28. The van der Waals surface area contributed by atoms with E-state index in [-0.39, 0.29) is 12.3 Å². The van der Waals surface area contributed by atoms with Crippen molar-refractivity contribution in [3.05, 3.63) is 0 Å². The highest BCUT2D eigenvalue weighted by molar-refractivity contribution is 5.08. The van der Waals surface area contributed by atoms with E-state index in [0.717, 1.165) is 0 Å². The third-order valence-electron chi connectivity index (χ3n) is 2.57. The summed E-state index contributed by atoms with van der Waals surface area (Å²) in [6.07, 6.45) is 0.0810. The summed E-state index contributed by atoms with van der Waals surface area (Å²) < 4.78 is 24.9. The largest absolute Gasteiger partial charge is 0.254 e. The highest BCUT2D eigenvalue weighted by Crippen LogP contribution is 2.64. The van der Waals surface area contributed by atoms with E-state index >= 15 is 0 Å². The van der Waals surface area contributed by atoms with Gasteiger partial charge in [0.1, 0.15) is 0 Å². The fourth-order valence-electron chi connectivity index (χ4n) is 1.04. The fraction of sp³-hybridized carbons (Fsp3) is 1.00. The van der Waals surface area contributed by atoms with Gasteiger partial charge >= 0.3 is 0 Å². The molecule has 0 aromatic carbocycles. The van der Waals surface area contributed by atoms with E-state index in [1.807, 2.05) is 13.8 Å². The van der Waals surface area contributed by atoms with Crippen LogP contribution in [0.4, 0.5) is 8.78 Å². The quantitative estimate of drug-likeness (QED) is 0.517. The zero-order valence-electron chi connectivity index (χ0n) is 6.04. The van der Waals surface area contributed by atoms with Crippen molar-refractivity contribution in [2.24, 2.45) is 11.3 Å². The van der Waals surface area contributed by atoms with Gasteiger partial charge in [0.15, 0.2) is 0 Å². The summed E-state index contributed by atoms with van der Waals surface area (Å²) in [5.74, 6) is -2.27. The van der Waals surface area contributed by atoms with E-state index in [9.17, 15) is 8.78 Å². The maximum Gasteiger partial charge on any atom is 0.254 e. The molecular weight excluding hydrogens is 122 g/mol. The molecule has 1 saturated carbocycles. The van der Waals surface area contributed by atoms with Gasteiger partial charge in [-0.25, -0.2) is 8.78 Å². The predicted octanol–water partition coefficient (Wildman–Crippen LogP) is 2.69. The van der Waals surface area contributed by atoms with Crippen LogP contribution in [-0.4, -0.2) is 5.92 Å². The van der Waals surface area contributed by atoms with E-state index in [1.54, 1.807) is 6.92 Å². The zero-order valence-corrected chi connectivity index (χ0v) is 6.04. The zero-order chi connectivity index (χ0) is 7.28. The third-order valence-corrected chi connectivity index (χ3v) is 2.57. The highest BCUT2D eigenvalue weighted by Gasteiger charge is 2.68. The van der Waals surface area contributed by atoms with E-state index < -0.39 is 11.3 Å². The van der Waals surface area contributed by atoms with Crippen molar-refractivity contribution in [1.82, 2.24) is 0 Å². The topological polar surface area (TPSA) is 0 Å². The molecule has 0 N–H and O–H groups in total. The van der Waals surface area contributed by atoms with Crippen molar-refractivity contribution >= 4 is 0 Å². The van der Waals surface area contributed by atoms with Crippen LogP contribution in [-0.2, 0) is 0 Å². The van der Waals surface area contributed by atoms with Gasteiger partial charge in [-0.05, 0) is 5.92 Å². The lowest BCUT2D eigenvalue weighted by atomic mass is 9.94. The summed E-state index contributed by atoms with van der Waals surface area (Å²) in [5.41, 5.74) is -0.688. The molecule has 0 spiro atoms. The van der Waals surface area contributed by atoms with Gasteiger partial charge in [-0.1, -0.05) is 20.8 Å². The predicted molar refractivity (Wildman–Crippen MR) is 32.5 cm³/mol. The Morgan fingerprint density at radius 1 is 1.33 bits per heavy atom. The number of alkyl halides is 2. The minimum absolute atomic E-state index is 0.0810. The summed E-state index contributed by atoms with van der Waals surface area (Å²) >= 11 is 0. The lowest BCUT2D eigenvalue weighted by Gasteiger charge is -2.13. The molecule has 1 rings (SSSR count). The van der Waals surface area contributed by atoms with Gasteiger partial charge in [0.05, 0.1) is 0 Å². The highest BCUT2D eigenvalue weighted by atomic mass is 19.3. The molecule has 0 aromatic heterocycles. The second kappa shape index (κ2) is 1.47. The van der Waals surface area contributed by atoms with Gasteiger partial charge in [0.25, 0.3) is 5.92 Å². The third kappa shape index (κ3) is 0.759.